The Morgan fingerprint density at radius 3 is 2.56 bits per heavy atom. The Labute approximate surface area is 116 Å². The van der Waals surface area contributed by atoms with Gasteiger partial charge in [0.15, 0.2) is 0 Å². The molecule has 0 aliphatic heterocycles. The number of ether oxygens (including phenoxy) is 1. The Balaban J connectivity index is 2.94. The van der Waals surface area contributed by atoms with Crippen molar-refractivity contribution in [2.24, 2.45) is 5.92 Å². The summed E-state index contributed by atoms with van der Waals surface area (Å²) in [6.45, 7) is 7.61. The Hall–Kier alpha value is -0.730. The first-order valence-electron chi connectivity index (χ1n) is 6.70. The molecule has 2 atom stereocenters. The summed E-state index contributed by atoms with van der Waals surface area (Å²) in [5, 5.41) is 4.23. The second-order valence-corrected chi connectivity index (χ2v) is 5.10. The van der Waals surface area contributed by atoms with Gasteiger partial charge < -0.3 is 10.1 Å². The summed E-state index contributed by atoms with van der Waals surface area (Å²) in [5.74, 6) is 1.33. The van der Waals surface area contributed by atoms with Crippen molar-refractivity contribution < 1.29 is 4.74 Å². The minimum Gasteiger partial charge on any atom is -0.495 e. The molecule has 18 heavy (non-hydrogen) atoms. The lowest BCUT2D eigenvalue weighted by molar-refractivity contribution is 0.368. The number of methoxy groups -OCH3 is 1. The van der Waals surface area contributed by atoms with Crippen LogP contribution >= 0.6 is 11.6 Å². The molecular weight excluding hydrogens is 246 g/mol. The molecule has 1 aromatic carbocycles. The topological polar surface area (TPSA) is 21.3 Å². The highest BCUT2D eigenvalue weighted by Crippen LogP contribution is 2.31. The average Bonchev–Trinajstić information content (AvgIpc) is 2.36. The van der Waals surface area contributed by atoms with Gasteiger partial charge in [-0.05, 0) is 36.6 Å². The first-order valence-corrected chi connectivity index (χ1v) is 7.08. The smallest absolute Gasteiger partial charge is 0.137 e. The Morgan fingerprint density at radius 2 is 2.06 bits per heavy atom. The van der Waals surface area contributed by atoms with Crippen molar-refractivity contribution in [3.8, 4) is 5.75 Å². The Bertz CT molecular complexity index is 368. The van der Waals surface area contributed by atoms with Crippen LogP contribution in [-0.2, 0) is 0 Å². The maximum atomic E-state index is 6.20. The van der Waals surface area contributed by atoms with Gasteiger partial charge in [0.2, 0.25) is 0 Å². The summed E-state index contributed by atoms with van der Waals surface area (Å²) >= 11 is 6.20. The number of rotatable bonds is 7. The van der Waals surface area contributed by atoms with E-state index >= 15 is 0 Å². The summed E-state index contributed by atoms with van der Waals surface area (Å²) in [7, 11) is 1.64. The zero-order valence-electron chi connectivity index (χ0n) is 11.8. The third-order valence-corrected chi connectivity index (χ3v) is 3.57. The number of hydrogen-bond donors (Lipinski definition) is 1. The van der Waals surface area contributed by atoms with E-state index in [-0.39, 0.29) is 0 Å². The largest absolute Gasteiger partial charge is 0.495 e. The summed E-state index contributed by atoms with van der Waals surface area (Å²) in [4.78, 5) is 0. The molecule has 0 aliphatic rings. The number of halogens is 1. The molecule has 1 aromatic rings. The van der Waals surface area contributed by atoms with E-state index in [4.69, 9.17) is 16.3 Å². The Morgan fingerprint density at radius 1 is 1.33 bits per heavy atom. The maximum absolute atomic E-state index is 6.20. The summed E-state index contributed by atoms with van der Waals surface area (Å²) in [6, 6.07) is 6.42. The standard InChI is InChI=1S/C15H24ClNO/c1-5-7-11(3)15(17-6-2)12-8-9-14(18-4)13(16)10-12/h8-11,15,17H,5-7H2,1-4H3. The van der Waals surface area contributed by atoms with Gasteiger partial charge in [-0.25, -0.2) is 0 Å². The molecule has 1 N–H and O–H groups in total. The van der Waals surface area contributed by atoms with Crippen LogP contribution < -0.4 is 10.1 Å². The molecule has 0 amide bonds. The van der Waals surface area contributed by atoms with E-state index in [9.17, 15) is 0 Å². The van der Waals surface area contributed by atoms with E-state index in [0.717, 1.165) is 12.3 Å². The van der Waals surface area contributed by atoms with Crippen LogP contribution in [0.5, 0.6) is 5.75 Å². The van der Waals surface area contributed by atoms with Crippen LogP contribution in [0.4, 0.5) is 0 Å². The third-order valence-electron chi connectivity index (χ3n) is 3.27. The van der Waals surface area contributed by atoms with E-state index in [0.29, 0.717) is 17.0 Å². The predicted molar refractivity (Wildman–Crippen MR) is 78.5 cm³/mol. The molecule has 2 unspecified atom stereocenters. The molecule has 0 saturated heterocycles. The van der Waals surface area contributed by atoms with E-state index < -0.39 is 0 Å². The highest BCUT2D eigenvalue weighted by Gasteiger charge is 2.18. The van der Waals surface area contributed by atoms with E-state index in [2.05, 4.69) is 32.2 Å². The molecule has 3 heteroatoms. The first-order chi connectivity index (χ1) is 8.63. The molecule has 0 heterocycles. The van der Waals surface area contributed by atoms with E-state index in [1.54, 1.807) is 7.11 Å². The van der Waals surface area contributed by atoms with Crippen molar-refractivity contribution in [1.29, 1.82) is 0 Å². The lowest BCUT2D eigenvalue weighted by Crippen LogP contribution is -2.26. The van der Waals surface area contributed by atoms with Gasteiger partial charge in [-0.3, -0.25) is 0 Å². The maximum Gasteiger partial charge on any atom is 0.137 e. The van der Waals surface area contributed by atoms with Crippen LogP contribution in [0.15, 0.2) is 18.2 Å². The molecular formula is C15H24ClNO. The van der Waals surface area contributed by atoms with Gasteiger partial charge in [0, 0.05) is 6.04 Å². The minimum atomic E-state index is 0.360. The molecule has 0 radical (unpaired) electrons. The van der Waals surface area contributed by atoms with Gasteiger partial charge in [0.1, 0.15) is 5.75 Å². The third kappa shape index (κ3) is 3.89. The number of benzene rings is 1. The van der Waals surface area contributed by atoms with Crippen molar-refractivity contribution >= 4 is 11.6 Å². The van der Waals surface area contributed by atoms with Crippen molar-refractivity contribution in [2.75, 3.05) is 13.7 Å². The predicted octanol–water partition coefficient (Wildman–Crippen LogP) is 4.44. The van der Waals surface area contributed by atoms with Gasteiger partial charge in [-0.2, -0.15) is 0 Å². The van der Waals surface area contributed by atoms with Crippen molar-refractivity contribution in [3.05, 3.63) is 28.8 Å². The zero-order chi connectivity index (χ0) is 13.5. The quantitative estimate of drug-likeness (QED) is 0.790. The van der Waals surface area contributed by atoms with Gasteiger partial charge in [0.05, 0.1) is 12.1 Å². The fraction of sp³-hybridized carbons (Fsp3) is 0.600. The molecule has 0 bridgehead atoms. The zero-order valence-corrected chi connectivity index (χ0v) is 12.6. The fourth-order valence-corrected chi connectivity index (χ4v) is 2.63. The minimum absolute atomic E-state index is 0.360. The van der Waals surface area contributed by atoms with Gasteiger partial charge in [-0.1, -0.05) is 44.9 Å². The van der Waals surface area contributed by atoms with Crippen LogP contribution in [0.1, 0.15) is 45.2 Å². The van der Waals surface area contributed by atoms with Crippen molar-refractivity contribution in [3.63, 3.8) is 0 Å². The normalized spacial score (nSPS) is 14.3. The molecule has 2 nitrogen and oxygen atoms in total. The molecule has 0 aromatic heterocycles. The molecule has 102 valence electrons. The summed E-state index contributed by atoms with van der Waals surface area (Å²) < 4.78 is 5.20. The van der Waals surface area contributed by atoms with Gasteiger partial charge in [-0.15, -0.1) is 0 Å². The van der Waals surface area contributed by atoms with Crippen molar-refractivity contribution in [1.82, 2.24) is 5.32 Å². The lowest BCUT2D eigenvalue weighted by atomic mass is 9.91. The molecule has 1 rings (SSSR count). The van der Waals surface area contributed by atoms with Crippen molar-refractivity contribution in [2.45, 2.75) is 39.7 Å². The van der Waals surface area contributed by atoms with Crippen LogP contribution in [0.25, 0.3) is 0 Å². The average molecular weight is 270 g/mol. The van der Waals surface area contributed by atoms with Gasteiger partial charge in [0.25, 0.3) is 0 Å². The van der Waals surface area contributed by atoms with E-state index in [1.165, 1.54) is 18.4 Å². The van der Waals surface area contributed by atoms with Crippen LogP contribution in [-0.4, -0.2) is 13.7 Å². The summed E-state index contributed by atoms with van der Waals surface area (Å²) in [6.07, 6.45) is 2.41. The molecule has 0 spiro atoms. The number of hydrogen-bond acceptors (Lipinski definition) is 2. The molecule has 0 saturated carbocycles. The van der Waals surface area contributed by atoms with E-state index in [1.807, 2.05) is 12.1 Å². The van der Waals surface area contributed by atoms with Crippen LogP contribution in [0.3, 0.4) is 0 Å². The van der Waals surface area contributed by atoms with Crippen LogP contribution in [0, 0.1) is 5.92 Å². The fourth-order valence-electron chi connectivity index (χ4n) is 2.37. The first kappa shape index (κ1) is 15.3. The number of nitrogens with one attached hydrogen (secondary N) is 1. The van der Waals surface area contributed by atoms with Crippen LogP contribution in [0.2, 0.25) is 5.02 Å². The highest BCUT2D eigenvalue weighted by molar-refractivity contribution is 6.32. The molecule has 0 fully saturated rings. The highest BCUT2D eigenvalue weighted by atomic mass is 35.5. The van der Waals surface area contributed by atoms with Gasteiger partial charge >= 0.3 is 0 Å². The second-order valence-electron chi connectivity index (χ2n) is 4.70. The lowest BCUT2D eigenvalue weighted by Gasteiger charge is -2.25. The SMILES string of the molecule is CCCC(C)C(NCC)c1ccc(OC)c(Cl)c1. The molecule has 0 aliphatic carbocycles. The monoisotopic (exact) mass is 269 g/mol. The summed E-state index contributed by atoms with van der Waals surface area (Å²) in [5.41, 5.74) is 1.24. The Kier molecular flexibility index (Phi) is 6.51. The second kappa shape index (κ2) is 7.65.